The number of ether oxygens (including phenoxy) is 1. The van der Waals surface area contributed by atoms with E-state index in [1.54, 1.807) is 23.5 Å². The lowest BCUT2D eigenvalue weighted by molar-refractivity contribution is 0.149. The Morgan fingerprint density at radius 1 is 1.29 bits per heavy atom. The first kappa shape index (κ1) is 16.6. The fourth-order valence-corrected chi connectivity index (χ4v) is 3.89. The van der Waals surface area contributed by atoms with Crippen LogP contribution in [0, 0.1) is 11.8 Å². The van der Waals surface area contributed by atoms with Gasteiger partial charge in [-0.25, -0.2) is 4.68 Å². The van der Waals surface area contributed by atoms with Crippen LogP contribution in [0.2, 0.25) is 0 Å². The Balaban J connectivity index is 1.77. The van der Waals surface area contributed by atoms with E-state index < -0.39 is 0 Å². The minimum atomic E-state index is 0.615. The Labute approximate surface area is 131 Å². The van der Waals surface area contributed by atoms with Crippen molar-refractivity contribution >= 4 is 11.8 Å². The molecule has 1 aliphatic heterocycles. The topological polar surface area (TPSA) is 69.2 Å². The Morgan fingerprint density at radius 2 is 2.00 bits per heavy atom. The molecular formula is C14H27N5OS. The van der Waals surface area contributed by atoms with E-state index in [0.717, 1.165) is 35.1 Å². The summed E-state index contributed by atoms with van der Waals surface area (Å²) in [5.74, 6) is 9.39. The zero-order valence-electron chi connectivity index (χ0n) is 13.3. The van der Waals surface area contributed by atoms with Crippen molar-refractivity contribution in [3.05, 3.63) is 5.82 Å². The third kappa shape index (κ3) is 4.86. The zero-order valence-corrected chi connectivity index (χ0v) is 14.1. The third-order valence-corrected chi connectivity index (χ3v) is 4.77. The molecule has 1 fully saturated rings. The Morgan fingerprint density at radius 3 is 2.67 bits per heavy atom. The van der Waals surface area contributed by atoms with Crippen LogP contribution in [-0.4, -0.2) is 58.9 Å². The van der Waals surface area contributed by atoms with Gasteiger partial charge in [0, 0.05) is 38.9 Å². The van der Waals surface area contributed by atoms with Gasteiger partial charge in [-0.15, -0.1) is 10.2 Å². The molecule has 0 bridgehead atoms. The van der Waals surface area contributed by atoms with E-state index in [1.807, 2.05) is 0 Å². The average Bonchev–Trinajstić information content (AvgIpc) is 2.77. The van der Waals surface area contributed by atoms with Crippen molar-refractivity contribution in [2.45, 2.75) is 31.8 Å². The number of hydrogen-bond acceptors (Lipinski definition) is 6. The predicted octanol–water partition coefficient (Wildman–Crippen LogP) is 1.25. The van der Waals surface area contributed by atoms with E-state index in [0.29, 0.717) is 13.0 Å². The van der Waals surface area contributed by atoms with Crippen LogP contribution >= 0.6 is 11.8 Å². The summed E-state index contributed by atoms with van der Waals surface area (Å²) in [6, 6.07) is 0. The molecule has 21 heavy (non-hydrogen) atoms. The molecule has 2 N–H and O–H groups in total. The van der Waals surface area contributed by atoms with Crippen LogP contribution in [0.15, 0.2) is 5.16 Å². The molecule has 0 unspecified atom stereocenters. The molecule has 2 rings (SSSR count). The van der Waals surface area contributed by atoms with Crippen molar-refractivity contribution in [3.63, 3.8) is 0 Å². The van der Waals surface area contributed by atoms with Gasteiger partial charge in [-0.1, -0.05) is 25.6 Å². The molecule has 6 nitrogen and oxygen atoms in total. The van der Waals surface area contributed by atoms with E-state index >= 15 is 0 Å². The first-order valence-electron chi connectivity index (χ1n) is 7.63. The van der Waals surface area contributed by atoms with Gasteiger partial charge in [0.1, 0.15) is 0 Å². The minimum absolute atomic E-state index is 0.615. The van der Waals surface area contributed by atoms with Crippen LogP contribution in [0.4, 0.5) is 0 Å². The van der Waals surface area contributed by atoms with Gasteiger partial charge in [-0.3, -0.25) is 0 Å². The number of aromatic nitrogens is 3. The van der Waals surface area contributed by atoms with Crippen LogP contribution in [0.25, 0.3) is 0 Å². The molecule has 0 radical (unpaired) electrons. The molecule has 0 amide bonds. The van der Waals surface area contributed by atoms with E-state index in [1.165, 1.54) is 19.5 Å². The van der Waals surface area contributed by atoms with E-state index in [-0.39, 0.29) is 0 Å². The third-order valence-electron chi connectivity index (χ3n) is 3.85. The number of thioether (sulfide) groups is 1. The number of nitrogens with two attached hydrogens (primary N) is 1. The summed E-state index contributed by atoms with van der Waals surface area (Å²) >= 11 is 1.68. The molecule has 1 aromatic heterocycles. The SMILES string of the molecule is COCCc1nnc(SCCN2C[C@H](C)C[C@@H](C)C2)n1N. The quantitative estimate of drug-likeness (QED) is 0.603. The lowest BCUT2D eigenvalue weighted by atomic mass is 9.92. The summed E-state index contributed by atoms with van der Waals surface area (Å²) < 4.78 is 6.63. The van der Waals surface area contributed by atoms with Gasteiger partial charge in [-0.05, 0) is 18.3 Å². The van der Waals surface area contributed by atoms with Gasteiger partial charge in [0.25, 0.3) is 0 Å². The molecular weight excluding hydrogens is 286 g/mol. The number of hydrogen-bond donors (Lipinski definition) is 1. The van der Waals surface area contributed by atoms with E-state index in [9.17, 15) is 0 Å². The maximum absolute atomic E-state index is 6.01. The number of rotatable bonds is 7. The first-order chi connectivity index (χ1) is 10.1. The van der Waals surface area contributed by atoms with Crippen molar-refractivity contribution < 1.29 is 4.74 Å². The van der Waals surface area contributed by atoms with Crippen molar-refractivity contribution in [2.75, 3.05) is 44.9 Å². The molecule has 0 saturated carbocycles. The highest BCUT2D eigenvalue weighted by Crippen LogP contribution is 2.22. The fraction of sp³-hybridized carbons (Fsp3) is 0.857. The molecule has 0 aromatic carbocycles. The van der Waals surface area contributed by atoms with E-state index in [2.05, 4.69) is 28.9 Å². The van der Waals surface area contributed by atoms with Crippen molar-refractivity contribution in [1.29, 1.82) is 0 Å². The number of nitrogen functional groups attached to an aromatic ring is 1. The number of piperidine rings is 1. The predicted molar refractivity (Wildman–Crippen MR) is 85.9 cm³/mol. The second-order valence-corrected chi connectivity index (χ2v) is 7.13. The Hall–Kier alpha value is -0.790. The zero-order chi connectivity index (χ0) is 15.2. The molecule has 2 heterocycles. The second kappa shape index (κ2) is 8.00. The van der Waals surface area contributed by atoms with Crippen molar-refractivity contribution in [1.82, 2.24) is 19.8 Å². The standard InChI is InChI=1S/C14H27N5OS/c1-11-8-12(2)10-18(9-11)5-7-21-14-17-16-13(19(14)15)4-6-20-3/h11-12H,4-10,15H2,1-3H3/t11-,12-/m1/s1. The van der Waals surface area contributed by atoms with Gasteiger partial charge in [0.2, 0.25) is 5.16 Å². The molecule has 0 aliphatic carbocycles. The fourth-order valence-electron chi connectivity index (χ4n) is 3.01. The van der Waals surface area contributed by atoms with Crippen molar-refractivity contribution in [3.8, 4) is 0 Å². The van der Waals surface area contributed by atoms with Crippen LogP contribution in [0.3, 0.4) is 0 Å². The largest absolute Gasteiger partial charge is 0.384 e. The maximum atomic E-state index is 6.01. The number of nitrogens with zero attached hydrogens (tertiary/aromatic N) is 4. The number of methoxy groups -OCH3 is 1. The lowest BCUT2D eigenvalue weighted by Gasteiger charge is -2.34. The van der Waals surface area contributed by atoms with Gasteiger partial charge < -0.3 is 15.5 Å². The molecule has 1 saturated heterocycles. The second-order valence-electron chi connectivity index (χ2n) is 6.07. The van der Waals surface area contributed by atoms with E-state index in [4.69, 9.17) is 10.6 Å². The van der Waals surface area contributed by atoms with Crippen molar-refractivity contribution in [2.24, 2.45) is 11.8 Å². The summed E-state index contributed by atoms with van der Waals surface area (Å²) in [5, 5.41) is 9.07. The molecule has 120 valence electrons. The average molecular weight is 313 g/mol. The highest BCUT2D eigenvalue weighted by atomic mass is 32.2. The Kier molecular flexibility index (Phi) is 6.32. The number of likely N-dealkylation sites (tertiary alicyclic amines) is 1. The normalized spacial score (nSPS) is 23.6. The molecule has 1 aromatic rings. The molecule has 1 aliphatic rings. The summed E-state index contributed by atoms with van der Waals surface area (Å²) in [5.41, 5.74) is 0. The monoisotopic (exact) mass is 313 g/mol. The van der Waals surface area contributed by atoms with Gasteiger partial charge >= 0.3 is 0 Å². The first-order valence-corrected chi connectivity index (χ1v) is 8.62. The maximum Gasteiger partial charge on any atom is 0.209 e. The van der Waals surface area contributed by atoms with Gasteiger partial charge in [0.05, 0.1) is 6.61 Å². The summed E-state index contributed by atoms with van der Waals surface area (Å²) in [6.45, 7) is 8.80. The highest BCUT2D eigenvalue weighted by molar-refractivity contribution is 7.99. The molecule has 0 spiro atoms. The summed E-state index contributed by atoms with van der Waals surface area (Å²) in [7, 11) is 1.67. The van der Waals surface area contributed by atoms with Crippen LogP contribution in [0.1, 0.15) is 26.1 Å². The lowest BCUT2D eigenvalue weighted by Crippen LogP contribution is -2.39. The van der Waals surface area contributed by atoms with Crippen LogP contribution in [0.5, 0.6) is 0 Å². The summed E-state index contributed by atoms with van der Waals surface area (Å²) in [6.07, 6.45) is 2.05. The summed E-state index contributed by atoms with van der Waals surface area (Å²) in [4.78, 5) is 2.55. The van der Waals surface area contributed by atoms with Gasteiger partial charge in [0.15, 0.2) is 5.82 Å². The van der Waals surface area contributed by atoms with Crippen LogP contribution < -0.4 is 5.84 Å². The highest BCUT2D eigenvalue weighted by Gasteiger charge is 2.21. The molecule has 2 atom stereocenters. The molecule has 7 heteroatoms. The minimum Gasteiger partial charge on any atom is -0.384 e. The van der Waals surface area contributed by atoms with Gasteiger partial charge in [-0.2, -0.15) is 0 Å². The Bertz CT molecular complexity index is 429. The smallest absolute Gasteiger partial charge is 0.209 e. The van der Waals surface area contributed by atoms with Crippen LogP contribution in [-0.2, 0) is 11.2 Å².